The van der Waals surface area contributed by atoms with E-state index in [9.17, 15) is 0 Å². The summed E-state index contributed by atoms with van der Waals surface area (Å²) in [7, 11) is 0. The lowest BCUT2D eigenvalue weighted by molar-refractivity contribution is 0.0204. The van der Waals surface area contributed by atoms with E-state index in [-0.39, 0.29) is 0 Å². The molecule has 0 aromatic rings. The van der Waals surface area contributed by atoms with Crippen molar-refractivity contribution in [2.45, 2.75) is 59.1 Å². The summed E-state index contributed by atoms with van der Waals surface area (Å²) < 4.78 is 5.77. The van der Waals surface area contributed by atoms with Crippen LogP contribution in [-0.4, -0.2) is 30.8 Å². The van der Waals surface area contributed by atoms with Gasteiger partial charge in [-0.2, -0.15) is 0 Å². The first-order chi connectivity index (χ1) is 7.24. The molecule has 1 aliphatic heterocycles. The molecule has 1 saturated heterocycles. The van der Waals surface area contributed by atoms with Gasteiger partial charge in [-0.05, 0) is 18.8 Å². The van der Waals surface area contributed by atoms with Crippen LogP contribution in [0, 0.1) is 5.92 Å². The van der Waals surface area contributed by atoms with Crippen molar-refractivity contribution >= 4 is 0 Å². The van der Waals surface area contributed by atoms with Crippen LogP contribution in [0.2, 0.25) is 0 Å². The zero-order chi connectivity index (χ0) is 11.1. The lowest BCUT2D eigenvalue weighted by atomic mass is 10.1. The Hall–Kier alpha value is -0.0800. The molecule has 1 aliphatic rings. The van der Waals surface area contributed by atoms with Crippen LogP contribution in [0.3, 0.4) is 0 Å². The van der Waals surface area contributed by atoms with E-state index in [4.69, 9.17) is 4.74 Å². The highest BCUT2D eigenvalue weighted by Crippen LogP contribution is 2.18. The molecule has 15 heavy (non-hydrogen) atoms. The Labute approximate surface area is 95.0 Å². The molecule has 2 heteroatoms. The fraction of sp³-hybridized carbons (Fsp3) is 1.00. The summed E-state index contributed by atoms with van der Waals surface area (Å²) in [6.45, 7) is 10.1. The summed E-state index contributed by atoms with van der Waals surface area (Å²) in [6.07, 6.45) is 7.04. The zero-order valence-corrected chi connectivity index (χ0v) is 10.7. The van der Waals surface area contributed by atoms with Crippen LogP contribution in [0.1, 0.15) is 52.9 Å². The van der Waals surface area contributed by atoms with E-state index < -0.39 is 0 Å². The minimum absolute atomic E-state index is 0.421. The van der Waals surface area contributed by atoms with Crippen LogP contribution < -0.4 is 0 Å². The molecule has 1 unspecified atom stereocenters. The van der Waals surface area contributed by atoms with Crippen molar-refractivity contribution in [1.29, 1.82) is 0 Å². The molecule has 0 bridgehead atoms. The minimum Gasteiger partial charge on any atom is -0.362 e. The van der Waals surface area contributed by atoms with Gasteiger partial charge in [-0.15, -0.1) is 0 Å². The largest absolute Gasteiger partial charge is 0.362 e. The lowest BCUT2D eigenvalue weighted by Gasteiger charge is -2.24. The highest BCUT2D eigenvalue weighted by atomic mass is 16.5. The van der Waals surface area contributed by atoms with Crippen molar-refractivity contribution in [2.24, 2.45) is 5.92 Å². The third-order valence-corrected chi connectivity index (χ3v) is 3.00. The maximum atomic E-state index is 5.77. The molecule has 1 rings (SSSR count). The van der Waals surface area contributed by atoms with Gasteiger partial charge in [0, 0.05) is 13.1 Å². The molecule has 1 heterocycles. The van der Waals surface area contributed by atoms with Gasteiger partial charge in [0.25, 0.3) is 0 Å². The second-order valence-corrected chi connectivity index (χ2v) is 5.06. The Kier molecular flexibility index (Phi) is 6.26. The van der Waals surface area contributed by atoms with Crippen LogP contribution in [-0.2, 0) is 4.74 Å². The quantitative estimate of drug-likeness (QED) is 0.602. The van der Waals surface area contributed by atoms with E-state index in [0.29, 0.717) is 6.23 Å². The number of hydrogen-bond donors (Lipinski definition) is 0. The first kappa shape index (κ1) is 13.0. The fourth-order valence-electron chi connectivity index (χ4n) is 2.24. The summed E-state index contributed by atoms with van der Waals surface area (Å²) in [5, 5.41) is 0. The molecule has 0 radical (unpaired) electrons. The number of ether oxygens (including phenoxy) is 1. The van der Waals surface area contributed by atoms with Gasteiger partial charge in [-0.1, -0.05) is 40.0 Å². The van der Waals surface area contributed by atoms with E-state index in [1.165, 1.54) is 38.6 Å². The van der Waals surface area contributed by atoms with Crippen molar-refractivity contribution in [3.8, 4) is 0 Å². The Bertz CT molecular complexity index is 159. The molecule has 1 atom stereocenters. The van der Waals surface area contributed by atoms with E-state index in [0.717, 1.165) is 19.1 Å². The van der Waals surface area contributed by atoms with Gasteiger partial charge in [0.1, 0.15) is 6.23 Å². The molecule has 90 valence electrons. The SMILES string of the molecule is CCCCCCC1OCCN1CC(C)C. The number of rotatable bonds is 7. The van der Waals surface area contributed by atoms with Crippen molar-refractivity contribution in [3.05, 3.63) is 0 Å². The first-order valence-corrected chi connectivity index (χ1v) is 6.59. The molecule has 0 aromatic heterocycles. The molecule has 0 amide bonds. The van der Waals surface area contributed by atoms with Crippen LogP contribution in [0.25, 0.3) is 0 Å². The molecular weight excluding hydrogens is 186 g/mol. The Morgan fingerprint density at radius 2 is 2.07 bits per heavy atom. The van der Waals surface area contributed by atoms with Gasteiger partial charge in [-0.3, -0.25) is 4.90 Å². The van der Waals surface area contributed by atoms with Crippen LogP contribution in [0.4, 0.5) is 0 Å². The molecule has 1 fully saturated rings. The first-order valence-electron chi connectivity index (χ1n) is 6.59. The summed E-state index contributed by atoms with van der Waals surface area (Å²) in [5.74, 6) is 0.754. The molecule has 0 saturated carbocycles. The molecule has 0 aromatic carbocycles. The molecule has 0 spiro atoms. The second kappa shape index (κ2) is 7.24. The minimum atomic E-state index is 0.421. The van der Waals surface area contributed by atoms with Crippen LogP contribution in [0.15, 0.2) is 0 Å². The van der Waals surface area contributed by atoms with Crippen molar-refractivity contribution in [1.82, 2.24) is 4.90 Å². The summed E-state index contributed by atoms with van der Waals surface area (Å²) in [5.41, 5.74) is 0. The monoisotopic (exact) mass is 213 g/mol. The zero-order valence-electron chi connectivity index (χ0n) is 10.7. The Balaban J connectivity index is 2.15. The maximum absolute atomic E-state index is 5.77. The summed E-state index contributed by atoms with van der Waals surface area (Å²) in [4.78, 5) is 2.51. The highest BCUT2D eigenvalue weighted by Gasteiger charge is 2.24. The number of hydrogen-bond acceptors (Lipinski definition) is 2. The van der Waals surface area contributed by atoms with Crippen LogP contribution >= 0.6 is 0 Å². The standard InChI is InChI=1S/C13H27NO/c1-4-5-6-7-8-13-14(9-10-15-13)11-12(2)3/h12-13H,4-11H2,1-3H3. The van der Waals surface area contributed by atoms with Gasteiger partial charge in [0.2, 0.25) is 0 Å². The van der Waals surface area contributed by atoms with Gasteiger partial charge in [0.05, 0.1) is 6.61 Å². The predicted molar refractivity (Wildman–Crippen MR) is 64.9 cm³/mol. The lowest BCUT2D eigenvalue weighted by Crippen LogP contribution is -2.33. The topological polar surface area (TPSA) is 12.5 Å². The maximum Gasteiger partial charge on any atom is 0.110 e. The highest BCUT2D eigenvalue weighted by molar-refractivity contribution is 4.71. The van der Waals surface area contributed by atoms with Gasteiger partial charge < -0.3 is 4.74 Å². The predicted octanol–water partition coefficient (Wildman–Crippen LogP) is 3.27. The fourth-order valence-corrected chi connectivity index (χ4v) is 2.24. The second-order valence-electron chi connectivity index (χ2n) is 5.06. The van der Waals surface area contributed by atoms with Crippen molar-refractivity contribution in [2.75, 3.05) is 19.7 Å². The van der Waals surface area contributed by atoms with Crippen molar-refractivity contribution in [3.63, 3.8) is 0 Å². The summed E-state index contributed by atoms with van der Waals surface area (Å²) >= 11 is 0. The molecule has 0 N–H and O–H groups in total. The average molecular weight is 213 g/mol. The van der Waals surface area contributed by atoms with E-state index >= 15 is 0 Å². The Morgan fingerprint density at radius 1 is 1.27 bits per heavy atom. The molecule has 2 nitrogen and oxygen atoms in total. The normalized spacial score (nSPS) is 22.8. The van der Waals surface area contributed by atoms with Gasteiger partial charge >= 0.3 is 0 Å². The Morgan fingerprint density at radius 3 is 2.73 bits per heavy atom. The van der Waals surface area contributed by atoms with E-state index in [2.05, 4.69) is 25.7 Å². The van der Waals surface area contributed by atoms with Gasteiger partial charge in [0.15, 0.2) is 0 Å². The smallest absolute Gasteiger partial charge is 0.110 e. The van der Waals surface area contributed by atoms with Crippen molar-refractivity contribution < 1.29 is 4.74 Å². The van der Waals surface area contributed by atoms with Crippen LogP contribution in [0.5, 0.6) is 0 Å². The number of unbranched alkanes of at least 4 members (excludes halogenated alkanes) is 3. The molecular formula is C13H27NO. The molecule has 0 aliphatic carbocycles. The average Bonchev–Trinajstić information content (AvgIpc) is 2.59. The number of nitrogens with zero attached hydrogens (tertiary/aromatic N) is 1. The van der Waals surface area contributed by atoms with E-state index in [1.54, 1.807) is 0 Å². The third kappa shape index (κ3) is 4.98. The third-order valence-electron chi connectivity index (χ3n) is 3.00. The summed E-state index contributed by atoms with van der Waals surface area (Å²) in [6, 6.07) is 0. The van der Waals surface area contributed by atoms with Gasteiger partial charge in [-0.25, -0.2) is 0 Å². The van der Waals surface area contributed by atoms with E-state index in [1.807, 2.05) is 0 Å².